The molecule has 2 N–H and O–H groups in total. The highest BCUT2D eigenvalue weighted by Crippen LogP contribution is 2.34. The molecule has 3 rings (SSSR count). The Bertz CT molecular complexity index is 764. The van der Waals surface area contributed by atoms with Gasteiger partial charge in [-0.25, -0.2) is 4.68 Å². The summed E-state index contributed by atoms with van der Waals surface area (Å²) < 4.78 is 1.67. The molecule has 0 aliphatic heterocycles. The summed E-state index contributed by atoms with van der Waals surface area (Å²) in [5, 5.41) is 15.8. The summed E-state index contributed by atoms with van der Waals surface area (Å²) in [4.78, 5) is 10.9. The molecule has 0 spiro atoms. The molecule has 0 unspecified atom stereocenters. The predicted octanol–water partition coefficient (Wildman–Crippen LogP) is 2.77. The number of hydrogen-bond acceptors (Lipinski definition) is 4. The van der Waals surface area contributed by atoms with Crippen molar-refractivity contribution in [2.45, 2.75) is 32.2 Å². The number of rotatable bonds is 3. The maximum absolute atomic E-state index is 11.2. The summed E-state index contributed by atoms with van der Waals surface area (Å²) in [6, 6.07) is 6.73. The van der Waals surface area contributed by atoms with Crippen LogP contribution in [0.2, 0.25) is 0 Å². The van der Waals surface area contributed by atoms with Crippen LogP contribution in [0.1, 0.15) is 29.3 Å². The largest absolute Gasteiger partial charge is 0.324 e. The third kappa shape index (κ3) is 2.31. The molecule has 1 aliphatic rings. The fourth-order valence-corrected chi connectivity index (χ4v) is 3.16. The van der Waals surface area contributed by atoms with Gasteiger partial charge in [0.25, 0.3) is 5.69 Å². The Balaban J connectivity index is 2.11. The fraction of sp³-hybridized carbons (Fsp3) is 0.312. The number of aryl methyl sites for hydroxylation is 1. The van der Waals surface area contributed by atoms with Crippen LogP contribution in [0.3, 0.4) is 0 Å². The summed E-state index contributed by atoms with van der Waals surface area (Å²) in [7, 11) is 0. The Hall–Kier alpha value is -2.47. The Morgan fingerprint density at radius 1 is 1.32 bits per heavy atom. The highest BCUT2D eigenvalue weighted by atomic mass is 16.6. The quantitative estimate of drug-likeness (QED) is 0.536. The Morgan fingerprint density at radius 3 is 2.68 bits per heavy atom. The molecule has 0 fully saturated rings. The minimum Gasteiger partial charge on any atom is -0.324 e. The minimum atomic E-state index is -0.378. The third-order valence-electron chi connectivity index (χ3n) is 4.14. The Morgan fingerprint density at radius 2 is 2.05 bits per heavy atom. The van der Waals surface area contributed by atoms with Gasteiger partial charge in [0.1, 0.15) is 5.69 Å². The van der Waals surface area contributed by atoms with Crippen molar-refractivity contribution in [1.29, 1.82) is 0 Å². The van der Waals surface area contributed by atoms with Crippen LogP contribution in [0, 0.1) is 24.0 Å². The van der Waals surface area contributed by atoms with Gasteiger partial charge in [-0.2, -0.15) is 5.10 Å². The number of nitrogens with zero attached hydrogens (tertiary/aromatic N) is 3. The average molecular weight is 298 g/mol. The number of hydrogen-bond donors (Lipinski definition) is 1. The number of benzene rings is 1. The van der Waals surface area contributed by atoms with Crippen molar-refractivity contribution in [2.75, 3.05) is 0 Å². The summed E-state index contributed by atoms with van der Waals surface area (Å²) in [6.45, 7) is 3.88. The van der Waals surface area contributed by atoms with E-state index in [9.17, 15) is 10.1 Å². The van der Waals surface area contributed by atoms with Gasteiger partial charge in [-0.1, -0.05) is 24.3 Å². The number of aromatic nitrogens is 2. The molecular weight excluding hydrogens is 280 g/mol. The third-order valence-corrected chi connectivity index (χ3v) is 4.14. The first kappa shape index (κ1) is 14.5. The molecule has 6 nitrogen and oxygen atoms in total. The van der Waals surface area contributed by atoms with E-state index in [0.717, 1.165) is 23.4 Å². The smallest absolute Gasteiger partial charge is 0.294 e. The van der Waals surface area contributed by atoms with Crippen molar-refractivity contribution >= 4 is 5.69 Å². The maximum Gasteiger partial charge on any atom is 0.294 e. The number of nitro groups is 1. The molecule has 0 radical (unpaired) electrons. The fourth-order valence-electron chi connectivity index (χ4n) is 3.16. The van der Waals surface area contributed by atoms with E-state index in [1.54, 1.807) is 22.9 Å². The van der Waals surface area contributed by atoms with Gasteiger partial charge in [-0.3, -0.25) is 10.1 Å². The first-order valence-electron chi connectivity index (χ1n) is 7.23. The van der Waals surface area contributed by atoms with Gasteiger partial charge >= 0.3 is 0 Å². The van der Waals surface area contributed by atoms with Crippen molar-refractivity contribution in [3.05, 3.63) is 63.5 Å². The lowest BCUT2D eigenvalue weighted by Crippen LogP contribution is -2.14. The lowest BCUT2D eigenvalue weighted by Gasteiger charge is -2.11. The van der Waals surface area contributed by atoms with Crippen LogP contribution in [-0.4, -0.2) is 20.7 Å². The first-order valence-corrected chi connectivity index (χ1v) is 7.23. The van der Waals surface area contributed by atoms with Crippen LogP contribution >= 0.6 is 0 Å². The molecule has 1 aromatic heterocycles. The summed E-state index contributed by atoms with van der Waals surface area (Å²) >= 11 is 0. The van der Waals surface area contributed by atoms with Gasteiger partial charge in [-0.05, 0) is 26.3 Å². The number of nitro benzene ring substituents is 1. The second kappa shape index (κ2) is 5.38. The molecule has 6 heteroatoms. The van der Waals surface area contributed by atoms with Crippen LogP contribution in [0.25, 0.3) is 5.69 Å². The second-order valence-corrected chi connectivity index (χ2v) is 5.63. The predicted molar refractivity (Wildman–Crippen MR) is 84.2 cm³/mol. The molecular formula is C16H18N4O2. The lowest BCUT2D eigenvalue weighted by molar-refractivity contribution is -0.384. The van der Waals surface area contributed by atoms with Crippen LogP contribution in [0.5, 0.6) is 0 Å². The maximum atomic E-state index is 11.2. The van der Waals surface area contributed by atoms with E-state index >= 15 is 0 Å². The van der Waals surface area contributed by atoms with Gasteiger partial charge < -0.3 is 5.73 Å². The van der Waals surface area contributed by atoms with Gasteiger partial charge in [-0.15, -0.1) is 0 Å². The number of allylic oxidation sites excluding steroid dienone is 1. The highest BCUT2D eigenvalue weighted by molar-refractivity contribution is 5.53. The van der Waals surface area contributed by atoms with E-state index < -0.39 is 0 Å². The molecule has 22 heavy (non-hydrogen) atoms. The van der Waals surface area contributed by atoms with E-state index in [-0.39, 0.29) is 22.6 Å². The van der Waals surface area contributed by atoms with E-state index in [1.807, 2.05) is 19.9 Å². The van der Waals surface area contributed by atoms with Gasteiger partial charge in [0.2, 0.25) is 0 Å². The molecule has 0 saturated heterocycles. The summed E-state index contributed by atoms with van der Waals surface area (Å²) in [6.07, 6.45) is 4.96. The van der Waals surface area contributed by atoms with Crippen molar-refractivity contribution in [1.82, 2.24) is 9.78 Å². The Labute approximate surface area is 128 Å². The molecule has 1 aromatic carbocycles. The van der Waals surface area contributed by atoms with Crippen molar-refractivity contribution < 1.29 is 4.92 Å². The molecule has 0 amide bonds. The van der Waals surface area contributed by atoms with Gasteiger partial charge in [0.05, 0.1) is 10.6 Å². The monoisotopic (exact) mass is 298 g/mol. The SMILES string of the molecule is Cc1nn(-c2ccccc2[N+](=O)[O-])c(C)c1[C@@H]1C=C[C@@H](N)C1. The number of nitrogens with two attached hydrogens (primary N) is 1. The molecule has 0 saturated carbocycles. The van der Waals surface area contributed by atoms with E-state index in [1.165, 1.54) is 6.07 Å². The summed E-state index contributed by atoms with van der Waals surface area (Å²) in [5.74, 6) is 0.228. The lowest BCUT2D eigenvalue weighted by atomic mass is 9.96. The Kier molecular flexibility index (Phi) is 3.54. The zero-order chi connectivity index (χ0) is 15.9. The van der Waals surface area contributed by atoms with Crippen molar-refractivity contribution in [3.63, 3.8) is 0 Å². The second-order valence-electron chi connectivity index (χ2n) is 5.63. The molecule has 114 valence electrons. The standard InChI is InChI=1S/C16H18N4O2/c1-10-16(12-7-8-13(17)9-12)11(2)19(18-10)14-5-3-4-6-15(14)20(21)22/h3-8,12-13H,9,17H2,1-2H3/t12-,13-/m1/s1. The topological polar surface area (TPSA) is 87.0 Å². The molecule has 2 atom stereocenters. The first-order chi connectivity index (χ1) is 10.5. The van der Waals surface area contributed by atoms with Crippen LogP contribution in [0.4, 0.5) is 5.69 Å². The van der Waals surface area contributed by atoms with Crippen molar-refractivity contribution in [3.8, 4) is 5.69 Å². The van der Waals surface area contributed by atoms with E-state index in [0.29, 0.717) is 5.69 Å². The average Bonchev–Trinajstić information content (AvgIpc) is 3.02. The zero-order valence-electron chi connectivity index (χ0n) is 12.6. The molecule has 1 aliphatic carbocycles. The normalized spacial score (nSPS) is 20.5. The highest BCUT2D eigenvalue weighted by Gasteiger charge is 2.26. The number of para-hydroxylation sites is 2. The van der Waals surface area contributed by atoms with Gasteiger partial charge in [0, 0.05) is 29.3 Å². The van der Waals surface area contributed by atoms with Crippen LogP contribution in [-0.2, 0) is 0 Å². The molecule has 1 heterocycles. The van der Waals surface area contributed by atoms with Gasteiger partial charge in [0.15, 0.2) is 0 Å². The van der Waals surface area contributed by atoms with Crippen LogP contribution in [0.15, 0.2) is 36.4 Å². The molecule has 2 aromatic rings. The van der Waals surface area contributed by atoms with Crippen molar-refractivity contribution in [2.24, 2.45) is 5.73 Å². The molecule has 0 bridgehead atoms. The van der Waals surface area contributed by atoms with E-state index in [4.69, 9.17) is 5.73 Å². The minimum absolute atomic E-state index is 0.0540. The van der Waals surface area contributed by atoms with E-state index in [2.05, 4.69) is 11.2 Å². The zero-order valence-corrected chi connectivity index (χ0v) is 12.6. The summed E-state index contributed by atoms with van der Waals surface area (Å²) in [5.41, 5.74) is 9.41. The van der Waals surface area contributed by atoms with Crippen LogP contribution < -0.4 is 5.73 Å².